The lowest BCUT2D eigenvalue weighted by atomic mass is 10.1. The Morgan fingerprint density at radius 1 is 1.33 bits per heavy atom. The van der Waals surface area contributed by atoms with E-state index in [2.05, 4.69) is 24.5 Å². The predicted octanol–water partition coefficient (Wildman–Crippen LogP) is -0.776. The first-order chi connectivity index (χ1) is 6.95. The molecule has 1 fully saturated rings. The van der Waals surface area contributed by atoms with Gasteiger partial charge in [-0.2, -0.15) is 0 Å². The zero-order valence-electron chi connectivity index (χ0n) is 9.30. The van der Waals surface area contributed by atoms with Crippen molar-refractivity contribution in [3.63, 3.8) is 0 Å². The lowest BCUT2D eigenvalue weighted by molar-refractivity contribution is -0.125. The van der Waals surface area contributed by atoms with Crippen molar-refractivity contribution in [2.45, 2.75) is 20.3 Å². The summed E-state index contributed by atoms with van der Waals surface area (Å²) in [5.74, 6) is 0.114. The van der Waals surface area contributed by atoms with Crippen LogP contribution in [0.15, 0.2) is 0 Å². The maximum absolute atomic E-state index is 11.2. The zero-order chi connectivity index (χ0) is 11.5. The number of amides is 2. The maximum Gasteiger partial charge on any atom is 0.239 e. The van der Waals surface area contributed by atoms with Crippen molar-refractivity contribution in [2.24, 2.45) is 17.1 Å². The lowest BCUT2D eigenvalue weighted by Gasteiger charge is -2.07. The summed E-state index contributed by atoms with van der Waals surface area (Å²) < 4.78 is 0. The zero-order valence-corrected chi connectivity index (χ0v) is 9.30. The second-order valence-electron chi connectivity index (χ2n) is 4.67. The Kier molecular flexibility index (Phi) is 3.68. The van der Waals surface area contributed by atoms with Crippen LogP contribution < -0.4 is 16.4 Å². The number of nitrogens with two attached hydrogens (primary N) is 1. The van der Waals surface area contributed by atoms with Crippen molar-refractivity contribution in [1.82, 2.24) is 10.6 Å². The molecule has 0 heterocycles. The number of carbonyl (C=O) groups is 2. The van der Waals surface area contributed by atoms with Crippen LogP contribution in [0.2, 0.25) is 0 Å². The fourth-order valence-corrected chi connectivity index (χ4v) is 1.48. The van der Waals surface area contributed by atoms with E-state index < -0.39 is 0 Å². The minimum absolute atomic E-state index is 0.0170. The molecule has 0 aliphatic heterocycles. The average Bonchev–Trinajstić information content (AvgIpc) is 2.79. The van der Waals surface area contributed by atoms with Crippen LogP contribution >= 0.6 is 0 Å². The van der Waals surface area contributed by atoms with Crippen molar-refractivity contribution in [2.75, 3.05) is 19.6 Å². The molecule has 0 saturated heterocycles. The van der Waals surface area contributed by atoms with E-state index in [1.54, 1.807) is 0 Å². The third kappa shape index (κ3) is 3.87. The third-order valence-electron chi connectivity index (χ3n) is 2.89. The van der Waals surface area contributed by atoms with Crippen molar-refractivity contribution >= 4 is 11.8 Å². The summed E-state index contributed by atoms with van der Waals surface area (Å²) >= 11 is 0. The van der Waals surface area contributed by atoms with Gasteiger partial charge in [-0.15, -0.1) is 0 Å². The quantitative estimate of drug-likeness (QED) is 0.560. The molecule has 1 atom stereocenters. The Bertz CT molecular complexity index is 263. The molecule has 1 rings (SSSR count). The van der Waals surface area contributed by atoms with Gasteiger partial charge in [0.05, 0.1) is 13.1 Å². The van der Waals surface area contributed by atoms with E-state index >= 15 is 0 Å². The van der Waals surface area contributed by atoms with E-state index in [9.17, 15) is 9.59 Å². The van der Waals surface area contributed by atoms with Gasteiger partial charge in [0.1, 0.15) is 0 Å². The van der Waals surface area contributed by atoms with Gasteiger partial charge in [0.15, 0.2) is 0 Å². The molecule has 0 radical (unpaired) electrons. The van der Waals surface area contributed by atoms with E-state index in [1.165, 1.54) is 0 Å². The Balaban J connectivity index is 2.07. The number of nitrogens with one attached hydrogen (secondary N) is 2. The molecule has 2 amide bonds. The number of hydrogen-bond acceptors (Lipinski definition) is 3. The fraction of sp³-hybridized carbons (Fsp3) is 0.800. The second kappa shape index (κ2) is 4.61. The largest absolute Gasteiger partial charge is 0.354 e. The molecule has 5 heteroatoms. The highest BCUT2D eigenvalue weighted by Crippen LogP contribution is 2.50. The van der Waals surface area contributed by atoms with Crippen LogP contribution in [0.3, 0.4) is 0 Å². The Morgan fingerprint density at radius 3 is 2.40 bits per heavy atom. The van der Waals surface area contributed by atoms with E-state index in [0.29, 0.717) is 17.9 Å². The fourth-order valence-electron chi connectivity index (χ4n) is 1.48. The van der Waals surface area contributed by atoms with Gasteiger partial charge < -0.3 is 16.4 Å². The van der Waals surface area contributed by atoms with E-state index in [-0.39, 0.29) is 24.9 Å². The molecule has 1 saturated carbocycles. The minimum Gasteiger partial charge on any atom is -0.354 e. The first-order valence-corrected chi connectivity index (χ1v) is 5.19. The Labute approximate surface area is 89.8 Å². The Morgan fingerprint density at radius 2 is 1.93 bits per heavy atom. The van der Waals surface area contributed by atoms with Gasteiger partial charge >= 0.3 is 0 Å². The molecule has 5 nitrogen and oxygen atoms in total. The smallest absolute Gasteiger partial charge is 0.239 e. The van der Waals surface area contributed by atoms with Crippen LogP contribution in [-0.4, -0.2) is 31.4 Å². The molecular formula is C10H19N3O2. The first-order valence-electron chi connectivity index (χ1n) is 5.19. The van der Waals surface area contributed by atoms with E-state index in [0.717, 1.165) is 6.42 Å². The van der Waals surface area contributed by atoms with E-state index in [1.807, 2.05) is 0 Å². The summed E-state index contributed by atoms with van der Waals surface area (Å²) in [6, 6.07) is 0. The molecule has 15 heavy (non-hydrogen) atoms. The molecule has 86 valence electrons. The van der Waals surface area contributed by atoms with Gasteiger partial charge in [-0.25, -0.2) is 0 Å². The maximum atomic E-state index is 11.2. The topological polar surface area (TPSA) is 84.2 Å². The standard InChI is InChI=1S/C10H19N3O2/c1-10(2)3-7(10)5-12-9(15)6-13-8(14)4-11/h7H,3-6,11H2,1-2H3,(H,12,15)(H,13,14). The van der Waals surface area contributed by atoms with Crippen LogP contribution in [0, 0.1) is 11.3 Å². The highest BCUT2D eigenvalue weighted by atomic mass is 16.2. The van der Waals surface area contributed by atoms with Gasteiger partial charge in [0, 0.05) is 6.54 Å². The van der Waals surface area contributed by atoms with Crippen LogP contribution in [0.25, 0.3) is 0 Å². The molecule has 1 unspecified atom stereocenters. The van der Waals surface area contributed by atoms with Crippen LogP contribution in [0.4, 0.5) is 0 Å². The second-order valence-corrected chi connectivity index (χ2v) is 4.67. The molecule has 0 aromatic rings. The highest BCUT2D eigenvalue weighted by Gasteiger charge is 2.45. The van der Waals surface area contributed by atoms with Crippen LogP contribution in [-0.2, 0) is 9.59 Å². The van der Waals surface area contributed by atoms with E-state index in [4.69, 9.17) is 5.73 Å². The molecule has 1 aliphatic rings. The van der Waals surface area contributed by atoms with Crippen LogP contribution in [0.1, 0.15) is 20.3 Å². The van der Waals surface area contributed by atoms with Gasteiger partial charge in [0.25, 0.3) is 0 Å². The number of rotatable bonds is 5. The van der Waals surface area contributed by atoms with Gasteiger partial charge in [-0.1, -0.05) is 13.8 Å². The first kappa shape index (κ1) is 12.0. The van der Waals surface area contributed by atoms with Crippen molar-refractivity contribution < 1.29 is 9.59 Å². The van der Waals surface area contributed by atoms with Crippen molar-refractivity contribution in [3.05, 3.63) is 0 Å². The molecule has 0 aromatic carbocycles. The summed E-state index contributed by atoms with van der Waals surface area (Å²) in [7, 11) is 0. The predicted molar refractivity (Wildman–Crippen MR) is 57.0 cm³/mol. The van der Waals surface area contributed by atoms with Crippen molar-refractivity contribution in [3.8, 4) is 0 Å². The summed E-state index contributed by atoms with van der Waals surface area (Å²) in [6.07, 6.45) is 1.16. The van der Waals surface area contributed by atoms with Crippen LogP contribution in [0.5, 0.6) is 0 Å². The molecule has 1 aliphatic carbocycles. The summed E-state index contributed by atoms with van der Waals surface area (Å²) in [5.41, 5.74) is 5.45. The minimum atomic E-state index is -0.308. The SMILES string of the molecule is CC1(C)CC1CNC(=O)CNC(=O)CN. The lowest BCUT2D eigenvalue weighted by Crippen LogP contribution is -2.40. The van der Waals surface area contributed by atoms with Gasteiger partial charge in [0.2, 0.25) is 11.8 Å². The number of hydrogen-bond donors (Lipinski definition) is 3. The third-order valence-corrected chi connectivity index (χ3v) is 2.89. The molecule has 0 bridgehead atoms. The molecule has 0 aromatic heterocycles. The van der Waals surface area contributed by atoms with Crippen molar-refractivity contribution in [1.29, 1.82) is 0 Å². The Hall–Kier alpha value is -1.10. The summed E-state index contributed by atoms with van der Waals surface area (Å²) in [5, 5.41) is 5.21. The molecule has 0 spiro atoms. The monoisotopic (exact) mass is 213 g/mol. The van der Waals surface area contributed by atoms with Gasteiger partial charge in [-0.05, 0) is 17.8 Å². The number of carbonyl (C=O) groups excluding carboxylic acids is 2. The van der Waals surface area contributed by atoms with Gasteiger partial charge in [-0.3, -0.25) is 9.59 Å². The normalized spacial score (nSPS) is 21.9. The highest BCUT2D eigenvalue weighted by molar-refractivity contribution is 5.85. The summed E-state index contributed by atoms with van der Waals surface area (Å²) in [6.45, 7) is 5.00. The summed E-state index contributed by atoms with van der Waals surface area (Å²) in [4.78, 5) is 22.0. The average molecular weight is 213 g/mol. The molecule has 4 N–H and O–H groups in total. The molecular weight excluding hydrogens is 194 g/mol.